The van der Waals surface area contributed by atoms with Crippen molar-refractivity contribution in [2.45, 2.75) is 96.4 Å². The highest BCUT2D eigenvalue weighted by Gasteiger charge is 2.30. The maximum absolute atomic E-state index is 12.6. The first-order chi connectivity index (χ1) is 19.8. The molecule has 11 heteroatoms. The van der Waals surface area contributed by atoms with Crippen LogP contribution in [0.2, 0.25) is 0 Å². The van der Waals surface area contributed by atoms with E-state index in [1.165, 1.54) is 6.42 Å². The lowest BCUT2D eigenvalue weighted by molar-refractivity contribution is 0.229. The van der Waals surface area contributed by atoms with Crippen molar-refractivity contribution < 1.29 is 17.2 Å². The highest BCUT2D eigenvalue weighted by atomic mass is 32.2. The number of benzene rings is 1. The van der Waals surface area contributed by atoms with Crippen LogP contribution in [0.4, 0.5) is 17.1 Å². The second-order valence-electron chi connectivity index (χ2n) is 11.7. The summed E-state index contributed by atoms with van der Waals surface area (Å²) in [4.78, 5) is 7.64. The highest BCUT2D eigenvalue weighted by Crippen LogP contribution is 2.47. The Balaban J connectivity index is 1.68. The van der Waals surface area contributed by atoms with Crippen LogP contribution < -0.4 is 14.8 Å². The van der Waals surface area contributed by atoms with Crippen molar-refractivity contribution in [2.24, 2.45) is 0 Å². The molecule has 2 aliphatic carbocycles. The SMILES string of the molecule is CCN1CCC(Nc2ccc(NS(=O)(=O)CC)cc2-c2c3c(nc(C4CCCCC4)c2NS(=O)O)CCCC3)CC1. The number of fused-ring (bicyclic) bond motifs is 1. The number of piperidine rings is 1. The highest BCUT2D eigenvalue weighted by molar-refractivity contribution is 7.92. The van der Waals surface area contributed by atoms with Gasteiger partial charge in [0.25, 0.3) is 11.3 Å². The molecule has 2 fully saturated rings. The largest absolute Gasteiger partial charge is 0.382 e. The van der Waals surface area contributed by atoms with Gasteiger partial charge in [-0.05, 0) is 88.6 Å². The molecule has 1 saturated heterocycles. The third-order valence-corrected chi connectivity index (χ3v) is 10.7. The fourth-order valence-electron chi connectivity index (χ4n) is 6.73. The van der Waals surface area contributed by atoms with Crippen molar-refractivity contribution in [2.75, 3.05) is 40.1 Å². The molecule has 1 atom stereocenters. The van der Waals surface area contributed by atoms with E-state index in [-0.39, 0.29) is 17.7 Å². The number of rotatable bonds is 10. The van der Waals surface area contributed by atoms with Gasteiger partial charge in [-0.25, -0.2) is 12.6 Å². The smallest absolute Gasteiger partial charge is 0.259 e. The molecule has 0 bridgehead atoms. The van der Waals surface area contributed by atoms with Crippen LogP contribution in [0.3, 0.4) is 0 Å². The van der Waals surface area contributed by atoms with Crippen molar-refractivity contribution >= 4 is 38.4 Å². The van der Waals surface area contributed by atoms with Crippen LogP contribution in [0.25, 0.3) is 11.1 Å². The first kappa shape index (κ1) is 30.3. The zero-order chi connectivity index (χ0) is 29.0. The second kappa shape index (κ2) is 13.4. The van der Waals surface area contributed by atoms with Gasteiger partial charge in [-0.3, -0.25) is 19.0 Å². The molecule has 0 amide bonds. The van der Waals surface area contributed by atoms with Gasteiger partial charge >= 0.3 is 0 Å². The molecule has 2 aromatic rings. The van der Waals surface area contributed by atoms with Crippen LogP contribution in [0.5, 0.6) is 0 Å². The molecule has 5 rings (SSSR count). The van der Waals surface area contributed by atoms with Gasteiger partial charge < -0.3 is 10.2 Å². The Kier molecular flexibility index (Phi) is 9.89. The van der Waals surface area contributed by atoms with Gasteiger partial charge in [0.1, 0.15) is 0 Å². The Morgan fingerprint density at radius 2 is 1.76 bits per heavy atom. The molecule has 41 heavy (non-hydrogen) atoms. The summed E-state index contributed by atoms with van der Waals surface area (Å²) >= 11 is -2.28. The number of aryl methyl sites for hydroxylation is 1. The number of nitrogens with zero attached hydrogens (tertiary/aromatic N) is 2. The minimum Gasteiger partial charge on any atom is -0.382 e. The second-order valence-corrected chi connectivity index (χ2v) is 14.4. The van der Waals surface area contributed by atoms with Crippen LogP contribution in [0.15, 0.2) is 18.2 Å². The van der Waals surface area contributed by atoms with Gasteiger partial charge in [0.15, 0.2) is 0 Å². The summed E-state index contributed by atoms with van der Waals surface area (Å²) in [5.74, 6) is 0.197. The number of sulfonamides is 1. The number of hydrogen-bond acceptors (Lipinski definition) is 6. The summed E-state index contributed by atoms with van der Waals surface area (Å²) in [7, 11) is -3.48. The molecule has 1 aromatic heterocycles. The Morgan fingerprint density at radius 1 is 1.02 bits per heavy atom. The molecule has 0 spiro atoms. The maximum Gasteiger partial charge on any atom is 0.259 e. The monoisotopic (exact) mass is 603 g/mol. The van der Waals surface area contributed by atoms with Gasteiger partial charge in [-0.1, -0.05) is 26.2 Å². The molecule has 2 heterocycles. The van der Waals surface area contributed by atoms with Gasteiger partial charge in [-0.2, -0.15) is 0 Å². The minimum atomic E-state index is -3.48. The topological polar surface area (TPSA) is 124 Å². The molecule has 1 saturated carbocycles. The lowest BCUT2D eigenvalue weighted by Crippen LogP contribution is -2.38. The molecule has 1 aromatic carbocycles. The summed E-state index contributed by atoms with van der Waals surface area (Å²) in [5.41, 5.74) is 6.83. The Bertz CT molecular complexity index is 1350. The van der Waals surface area contributed by atoms with E-state index in [4.69, 9.17) is 4.98 Å². The van der Waals surface area contributed by atoms with Crippen LogP contribution in [0, 0.1) is 0 Å². The van der Waals surface area contributed by atoms with E-state index in [2.05, 4.69) is 26.6 Å². The molecule has 9 nitrogen and oxygen atoms in total. The van der Waals surface area contributed by atoms with Crippen molar-refractivity contribution in [1.82, 2.24) is 9.88 Å². The molecule has 226 valence electrons. The number of anilines is 3. The van der Waals surface area contributed by atoms with Crippen LogP contribution in [-0.2, 0) is 34.1 Å². The number of hydrogen-bond donors (Lipinski definition) is 4. The average molecular weight is 604 g/mol. The summed E-state index contributed by atoms with van der Waals surface area (Å²) in [6.45, 7) is 6.92. The summed E-state index contributed by atoms with van der Waals surface area (Å²) in [6.07, 6.45) is 11.3. The van der Waals surface area contributed by atoms with Crippen molar-refractivity contribution in [3.05, 3.63) is 35.2 Å². The summed E-state index contributed by atoms with van der Waals surface area (Å²) in [6, 6.07) is 5.96. The Labute approximate surface area is 247 Å². The van der Waals surface area contributed by atoms with Crippen LogP contribution in [0.1, 0.15) is 94.5 Å². The number of nitrogens with one attached hydrogen (secondary N) is 3. The van der Waals surface area contributed by atoms with E-state index in [0.717, 1.165) is 118 Å². The van der Waals surface area contributed by atoms with Crippen molar-refractivity contribution in [1.29, 1.82) is 0 Å². The number of pyridine rings is 1. The predicted octanol–water partition coefficient (Wildman–Crippen LogP) is 5.88. The predicted molar refractivity (Wildman–Crippen MR) is 168 cm³/mol. The zero-order valence-electron chi connectivity index (χ0n) is 24.4. The van der Waals surface area contributed by atoms with Gasteiger partial charge in [0.2, 0.25) is 10.0 Å². The van der Waals surface area contributed by atoms with E-state index in [1.807, 2.05) is 18.2 Å². The molecular weight excluding hydrogens is 558 g/mol. The summed E-state index contributed by atoms with van der Waals surface area (Å²) < 4.78 is 53.3. The number of likely N-dealkylation sites (tertiary alicyclic amines) is 1. The third-order valence-electron chi connectivity index (χ3n) is 9.02. The fourth-order valence-corrected chi connectivity index (χ4v) is 7.74. The minimum absolute atomic E-state index is 0.0227. The first-order valence-electron chi connectivity index (χ1n) is 15.3. The van der Waals surface area contributed by atoms with E-state index in [1.54, 1.807) is 6.92 Å². The Hall–Kier alpha value is -2.21. The quantitative estimate of drug-likeness (QED) is 0.250. The molecule has 1 aliphatic heterocycles. The standard InChI is InChI=1S/C30H45N5O4S2/c1-3-35-18-16-22(17-19-35)31-27-15-14-23(34-41(38,39)4-2)20-25(27)28-24-12-8-9-13-26(24)32-29(30(28)33-40(36)37)21-10-6-5-7-11-21/h14-15,20-22,31,33-34H,3-13,16-19H2,1-2H3,(H,36,37). The molecule has 4 N–H and O–H groups in total. The van der Waals surface area contributed by atoms with E-state index in [0.29, 0.717) is 11.4 Å². The van der Waals surface area contributed by atoms with Gasteiger partial charge in [0, 0.05) is 53.2 Å². The van der Waals surface area contributed by atoms with Crippen molar-refractivity contribution in [3.8, 4) is 11.1 Å². The first-order valence-corrected chi connectivity index (χ1v) is 18.1. The van der Waals surface area contributed by atoms with E-state index >= 15 is 0 Å². The average Bonchev–Trinajstić information content (AvgIpc) is 2.98. The fraction of sp³-hybridized carbons (Fsp3) is 0.633. The third kappa shape index (κ3) is 7.24. The van der Waals surface area contributed by atoms with E-state index in [9.17, 15) is 17.2 Å². The molecule has 3 aliphatic rings. The lowest BCUT2D eigenvalue weighted by atomic mass is 9.81. The van der Waals surface area contributed by atoms with Crippen LogP contribution in [-0.4, -0.2) is 58.5 Å². The van der Waals surface area contributed by atoms with Gasteiger partial charge in [0.05, 0.1) is 17.1 Å². The summed E-state index contributed by atoms with van der Waals surface area (Å²) in [5, 5.41) is 3.79. The molecule has 1 unspecified atom stereocenters. The van der Waals surface area contributed by atoms with E-state index < -0.39 is 21.3 Å². The Morgan fingerprint density at radius 3 is 2.44 bits per heavy atom. The van der Waals surface area contributed by atoms with Crippen molar-refractivity contribution in [3.63, 3.8) is 0 Å². The zero-order valence-corrected chi connectivity index (χ0v) is 26.0. The lowest BCUT2D eigenvalue weighted by Gasteiger charge is -2.33. The van der Waals surface area contributed by atoms with Gasteiger partial charge in [-0.15, -0.1) is 0 Å². The molecule has 0 radical (unpaired) electrons. The van der Waals surface area contributed by atoms with Crippen LogP contribution >= 0.6 is 0 Å². The number of aromatic nitrogens is 1. The maximum atomic E-state index is 12.6. The normalized spacial score (nSPS) is 19.9. The molecular formula is C30H45N5O4S2.